The first-order valence-corrected chi connectivity index (χ1v) is 16.6. The molecule has 1 unspecified atom stereocenters. The minimum absolute atomic E-state index is 0.0923. The summed E-state index contributed by atoms with van der Waals surface area (Å²) in [5.41, 5.74) is -1.32. The van der Waals surface area contributed by atoms with Gasteiger partial charge in [-0.2, -0.15) is 0 Å². The van der Waals surface area contributed by atoms with E-state index in [0.717, 1.165) is 17.2 Å². The summed E-state index contributed by atoms with van der Waals surface area (Å²) in [6.45, 7) is 8.13. The Hall–Kier alpha value is -1.21. The van der Waals surface area contributed by atoms with Crippen LogP contribution in [0.1, 0.15) is 12.5 Å². The van der Waals surface area contributed by atoms with Crippen molar-refractivity contribution < 1.29 is 27.4 Å². The van der Waals surface area contributed by atoms with Gasteiger partial charge in [-0.3, -0.25) is 0 Å². The molecule has 1 heterocycles. The van der Waals surface area contributed by atoms with E-state index in [0.29, 0.717) is 22.8 Å². The maximum absolute atomic E-state index is 14.6. The smallest absolute Gasteiger partial charge is 0.415 e. The van der Waals surface area contributed by atoms with Gasteiger partial charge in [-0.05, 0) is 49.0 Å². The summed E-state index contributed by atoms with van der Waals surface area (Å²) in [4.78, 5) is 17.2. The largest absolute Gasteiger partial charge is 0.465 e. The predicted molar refractivity (Wildman–Crippen MR) is 128 cm³/mol. The number of amidine groups is 1. The molecular weight excluding hydrogens is 527 g/mol. The molecule has 0 saturated heterocycles. The summed E-state index contributed by atoms with van der Waals surface area (Å²) in [6.07, 6.45) is 1.02. The van der Waals surface area contributed by atoms with E-state index >= 15 is 0 Å². The van der Waals surface area contributed by atoms with Crippen LogP contribution in [0.25, 0.3) is 0 Å². The van der Waals surface area contributed by atoms with Crippen LogP contribution in [0.15, 0.2) is 38.0 Å². The average Bonchev–Trinajstić information content (AvgIpc) is 2.61. The van der Waals surface area contributed by atoms with Gasteiger partial charge in [0.05, 0.1) is 0 Å². The van der Waals surface area contributed by atoms with Crippen molar-refractivity contribution in [2.75, 3.05) is 19.6 Å². The van der Waals surface area contributed by atoms with Crippen LogP contribution in [0, 0.1) is 5.82 Å². The Labute approximate surface area is 195 Å². The van der Waals surface area contributed by atoms with Crippen LogP contribution in [-0.4, -0.2) is 57.4 Å². The molecule has 1 aliphatic heterocycles. The van der Waals surface area contributed by atoms with Gasteiger partial charge >= 0.3 is 6.09 Å². The van der Waals surface area contributed by atoms with Gasteiger partial charge < -0.3 is 9.84 Å². The van der Waals surface area contributed by atoms with Gasteiger partial charge in [-0.1, -0.05) is 35.6 Å². The van der Waals surface area contributed by atoms with E-state index in [-0.39, 0.29) is 21.7 Å². The Bertz CT molecular complexity index is 1030. The fourth-order valence-corrected chi connectivity index (χ4v) is 5.99. The first-order chi connectivity index (χ1) is 14.1. The number of ether oxygens (including phenoxy) is 1. The molecular formula is C19H26BrFN2O5S2Si. The van der Waals surface area contributed by atoms with E-state index in [1.54, 1.807) is 0 Å². The topological polar surface area (TPSA) is 96.3 Å². The molecule has 0 aliphatic carbocycles. The molecule has 12 heteroatoms. The van der Waals surface area contributed by atoms with E-state index in [4.69, 9.17) is 4.74 Å². The number of carbonyl (C=O) groups is 1. The Morgan fingerprint density at radius 1 is 1.39 bits per heavy atom. The monoisotopic (exact) mass is 552 g/mol. The fraction of sp³-hybridized carbons (Fsp3) is 0.474. The molecule has 0 bridgehead atoms. The molecule has 0 fully saturated rings. The summed E-state index contributed by atoms with van der Waals surface area (Å²) < 4.78 is 45.3. The molecule has 172 valence electrons. The summed E-state index contributed by atoms with van der Waals surface area (Å²) in [6, 6.07) is 5.10. The average molecular weight is 554 g/mol. The molecule has 1 atom stereocenters. The number of amides is 1. The quantitative estimate of drug-likeness (QED) is 0.287. The fourth-order valence-electron chi connectivity index (χ4n) is 2.65. The number of rotatable bonds is 7. The lowest BCUT2D eigenvalue weighted by Gasteiger charge is -2.32. The second-order valence-electron chi connectivity index (χ2n) is 8.56. The van der Waals surface area contributed by atoms with Gasteiger partial charge in [0, 0.05) is 31.0 Å². The van der Waals surface area contributed by atoms with Crippen molar-refractivity contribution in [3.8, 4) is 0 Å². The van der Waals surface area contributed by atoms with E-state index in [9.17, 15) is 22.7 Å². The number of hydrogen-bond donors (Lipinski definition) is 1. The number of carboxylic acid groups (broad SMARTS) is 1. The van der Waals surface area contributed by atoms with Gasteiger partial charge in [-0.15, -0.1) is 0 Å². The first kappa shape index (κ1) is 26.0. The number of nitrogens with zero attached hydrogens (tertiary/aromatic N) is 2. The van der Waals surface area contributed by atoms with Crippen LogP contribution in [-0.2, 0) is 20.1 Å². The van der Waals surface area contributed by atoms with E-state index in [2.05, 4.69) is 40.6 Å². The Morgan fingerprint density at radius 3 is 2.58 bits per heavy atom. The van der Waals surface area contributed by atoms with Crippen LogP contribution >= 0.6 is 27.7 Å². The predicted octanol–water partition coefficient (Wildman–Crippen LogP) is 5.08. The third-order valence-corrected chi connectivity index (χ3v) is 9.45. The maximum Gasteiger partial charge on any atom is 0.415 e. The normalized spacial score (nSPS) is 19.6. The van der Waals surface area contributed by atoms with Gasteiger partial charge in [0.1, 0.15) is 22.3 Å². The zero-order valence-electron chi connectivity index (χ0n) is 18.0. The van der Waals surface area contributed by atoms with Gasteiger partial charge in [0.15, 0.2) is 15.0 Å². The summed E-state index contributed by atoms with van der Waals surface area (Å²) in [5, 5.41) is 9.63. The molecule has 0 radical (unpaired) electrons. The highest BCUT2D eigenvalue weighted by molar-refractivity contribution is 9.10. The lowest BCUT2D eigenvalue weighted by molar-refractivity contribution is 0.0705. The van der Waals surface area contributed by atoms with Crippen LogP contribution < -0.4 is 0 Å². The van der Waals surface area contributed by atoms with Crippen LogP contribution in [0.3, 0.4) is 0 Å². The van der Waals surface area contributed by atoms with Crippen molar-refractivity contribution in [2.45, 2.75) is 38.1 Å². The minimum Gasteiger partial charge on any atom is -0.465 e. The molecule has 1 N–H and O–H groups in total. The lowest BCUT2D eigenvalue weighted by Crippen LogP contribution is -2.40. The lowest BCUT2D eigenvalue weighted by atomic mass is 9.92. The number of hydrogen-bond acceptors (Lipinski definition) is 6. The molecule has 0 aromatic heterocycles. The summed E-state index contributed by atoms with van der Waals surface area (Å²) in [5.74, 6) is -0.585. The van der Waals surface area contributed by atoms with Crippen molar-refractivity contribution in [3.63, 3.8) is 0 Å². The molecule has 1 aromatic carbocycles. The SMILES string of the molecule is CC1(c2cc(Br)ccc2F)C=C(S(C)(=O)=O)SC(N(COCC[Si](C)(C)C)C(=O)O)=N1. The Morgan fingerprint density at radius 2 is 2.03 bits per heavy atom. The molecule has 1 aliphatic rings. The van der Waals surface area contributed by atoms with E-state index in [1.165, 1.54) is 31.2 Å². The standard InChI is InChI=1S/C19H26BrFN2O5S2Si/c1-19(14-10-13(20)6-7-15(14)21)11-16(30(2,26)27)29-17(22-19)23(18(24)25)12-28-8-9-31(3,4)5/h6-7,10-11H,8-9,12H2,1-5H3,(H,24,25). The van der Waals surface area contributed by atoms with Crippen molar-refractivity contribution in [2.24, 2.45) is 4.99 Å². The van der Waals surface area contributed by atoms with Crippen LogP contribution in [0.2, 0.25) is 25.7 Å². The number of thioether (sulfide) groups is 1. The van der Waals surface area contributed by atoms with Gasteiger partial charge in [0.25, 0.3) is 0 Å². The highest BCUT2D eigenvalue weighted by Gasteiger charge is 2.37. The minimum atomic E-state index is -3.71. The van der Waals surface area contributed by atoms with Crippen molar-refractivity contribution in [1.29, 1.82) is 0 Å². The highest BCUT2D eigenvalue weighted by Crippen LogP contribution is 2.41. The summed E-state index contributed by atoms with van der Waals surface area (Å²) in [7, 11) is -5.08. The molecule has 7 nitrogen and oxygen atoms in total. The third kappa shape index (κ3) is 7.14. The van der Waals surface area contributed by atoms with Gasteiger partial charge in [0.2, 0.25) is 0 Å². The molecule has 2 rings (SSSR count). The number of aliphatic imine (C=N–C) groups is 1. The first-order valence-electron chi connectivity index (χ1n) is 9.37. The van der Waals surface area contributed by atoms with Crippen molar-refractivity contribution in [3.05, 3.63) is 44.4 Å². The molecule has 1 amide bonds. The second kappa shape index (κ2) is 9.73. The summed E-state index contributed by atoms with van der Waals surface area (Å²) >= 11 is 3.99. The van der Waals surface area contributed by atoms with E-state index in [1.807, 2.05) is 0 Å². The van der Waals surface area contributed by atoms with E-state index < -0.39 is 35.4 Å². The number of halogens is 2. The van der Waals surface area contributed by atoms with Crippen LogP contribution in [0.5, 0.6) is 0 Å². The second-order valence-corrected chi connectivity index (χ2v) is 18.4. The molecule has 0 spiro atoms. The molecule has 0 saturated carbocycles. The van der Waals surface area contributed by atoms with Crippen molar-refractivity contribution >= 4 is 56.9 Å². The third-order valence-electron chi connectivity index (χ3n) is 4.44. The molecule has 31 heavy (non-hydrogen) atoms. The zero-order valence-corrected chi connectivity index (χ0v) is 22.2. The molecule has 1 aromatic rings. The Kier molecular flexibility index (Phi) is 8.18. The highest BCUT2D eigenvalue weighted by atomic mass is 79.9. The Balaban J connectivity index is 2.46. The zero-order chi connectivity index (χ0) is 23.6. The van der Waals surface area contributed by atoms with Crippen molar-refractivity contribution in [1.82, 2.24) is 4.90 Å². The maximum atomic E-state index is 14.6. The van der Waals surface area contributed by atoms with Crippen LogP contribution in [0.4, 0.5) is 9.18 Å². The number of sulfone groups is 1. The number of benzene rings is 1. The van der Waals surface area contributed by atoms with Gasteiger partial charge in [-0.25, -0.2) is 27.5 Å².